The number of ether oxygens (including phenoxy) is 1. The van der Waals surface area contributed by atoms with Gasteiger partial charge in [-0.15, -0.1) is 0 Å². The zero-order chi connectivity index (χ0) is 14.5. The Hall–Kier alpha value is -2.14. The molecule has 0 saturated heterocycles. The highest BCUT2D eigenvalue weighted by Gasteiger charge is 2.07. The largest absolute Gasteiger partial charge is 0.482 e. The standard InChI is InChI=1S/C14H10ClF2NO2/c15-12-3-1-2-4-13(12)20-8-14(19)18-11-6-9(16)5-10(17)7-11/h1-7H,8H2,(H,18,19). The number of carbonyl (C=O) groups excluding carboxylic acids is 1. The lowest BCUT2D eigenvalue weighted by molar-refractivity contribution is -0.118. The van der Waals surface area contributed by atoms with E-state index in [-0.39, 0.29) is 12.3 Å². The van der Waals surface area contributed by atoms with Crippen LogP contribution in [0, 0.1) is 11.6 Å². The van der Waals surface area contributed by atoms with Crippen LogP contribution in [0.1, 0.15) is 0 Å². The molecule has 0 radical (unpaired) electrons. The number of nitrogens with one attached hydrogen (secondary N) is 1. The van der Waals surface area contributed by atoms with Gasteiger partial charge >= 0.3 is 0 Å². The van der Waals surface area contributed by atoms with Crippen molar-refractivity contribution < 1.29 is 18.3 Å². The molecular weight excluding hydrogens is 288 g/mol. The van der Waals surface area contributed by atoms with Crippen LogP contribution in [0.3, 0.4) is 0 Å². The van der Waals surface area contributed by atoms with Gasteiger partial charge in [-0.3, -0.25) is 4.79 Å². The maximum absolute atomic E-state index is 12.9. The number of rotatable bonds is 4. The van der Waals surface area contributed by atoms with E-state index in [1.54, 1.807) is 24.3 Å². The number of benzene rings is 2. The van der Waals surface area contributed by atoms with Gasteiger partial charge in [0, 0.05) is 11.8 Å². The SMILES string of the molecule is O=C(COc1ccccc1Cl)Nc1cc(F)cc(F)c1. The van der Waals surface area contributed by atoms with Gasteiger partial charge in [0.1, 0.15) is 17.4 Å². The van der Waals surface area contributed by atoms with Gasteiger partial charge in [0.05, 0.1) is 5.02 Å². The van der Waals surface area contributed by atoms with Gasteiger partial charge in [0.2, 0.25) is 0 Å². The van der Waals surface area contributed by atoms with E-state index in [4.69, 9.17) is 16.3 Å². The predicted octanol–water partition coefficient (Wildman–Crippen LogP) is 3.64. The summed E-state index contributed by atoms with van der Waals surface area (Å²) < 4.78 is 31.1. The van der Waals surface area contributed by atoms with E-state index in [0.29, 0.717) is 10.8 Å². The normalized spacial score (nSPS) is 10.2. The molecule has 0 heterocycles. The average molecular weight is 298 g/mol. The smallest absolute Gasteiger partial charge is 0.262 e. The van der Waals surface area contributed by atoms with Gasteiger partial charge in [0.25, 0.3) is 5.91 Å². The maximum atomic E-state index is 12.9. The summed E-state index contributed by atoms with van der Waals surface area (Å²) in [6.45, 7) is -0.318. The van der Waals surface area contributed by atoms with Crippen molar-refractivity contribution in [2.24, 2.45) is 0 Å². The van der Waals surface area contributed by atoms with Crippen LogP contribution >= 0.6 is 11.6 Å². The van der Waals surface area contributed by atoms with E-state index < -0.39 is 17.5 Å². The van der Waals surface area contributed by atoms with Crippen molar-refractivity contribution in [2.75, 3.05) is 11.9 Å². The molecule has 0 aliphatic rings. The molecule has 0 atom stereocenters. The van der Waals surface area contributed by atoms with E-state index >= 15 is 0 Å². The van der Waals surface area contributed by atoms with E-state index in [9.17, 15) is 13.6 Å². The lowest BCUT2D eigenvalue weighted by Gasteiger charge is -2.08. The molecule has 0 fully saturated rings. The molecule has 0 aromatic heterocycles. The van der Waals surface area contributed by atoms with Gasteiger partial charge in [0.15, 0.2) is 6.61 Å². The topological polar surface area (TPSA) is 38.3 Å². The van der Waals surface area contributed by atoms with Crippen molar-refractivity contribution >= 4 is 23.2 Å². The minimum atomic E-state index is -0.771. The molecule has 20 heavy (non-hydrogen) atoms. The van der Waals surface area contributed by atoms with E-state index in [0.717, 1.165) is 18.2 Å². The summed E-state index contributed by atoms with van der Waals surface area (Å²) >= 11 is 5.85. The van der Waals surface area contributed by atoms with Gasteiger partial charge in [-0.1, -0.05) is 23.7 Å². The van der Waals surface area contributed by atoms with E-state index in [2.05, 4.69) is 5.32 Å². The van der Waals surface area contributed by atoms with Crippen LogP contribution in [0.5, 0.6) is 5.75 Å². The first kappa shape index (κ1) is 14.3. The molecule has 3 nitrogen and oxygen atoms in total. The fourth-order valence-corrected chi connectivity index (χ4v) is 1.72. The van der Waals surface area contributed by atoms with Gasteiger partial charge in [-0.2, -0.15) is 0 Å². The number of carbonyl (C=O) groups is 1. The molecule has 0 spiro atoms. The van der Waals surface area contributed by atoms with Gasteiger partial charge in [-0.05, 0) is 24.3 Å². The highest BCUT2D eigenvalue weighted by Crippen LogP contribution is 2.23. The molecule has 6 heteroatoms. The van der Waals surface area contributed by atoms with Crippen molar-refractivity contribution in [3.63, 3.8) is 0 Å². The Labute approximate surface area is 119 Å². The fraction of sp³-hybridized carbons (Fsp3) is 0.0714. The van der Waals surface area contributed by atoms with Crippen LogP contribution in [0.2, 0.25) is 5.02 Å². The zero-order valence-corrected chi connectivity index (χ0v) is 11.0. The number of halogens is 3. The maximum Gasteiger partial charge on any atom is 0.262 e. The molecule has 0 saturated carbocycles. The Kier molecular flexibility index (Phi) is 4.53. The Morgan fingerprint density at radius 2 is 1.80 bits per heavy atom. The summed E-state index contributed by atoms with van der Waals surface area (Å²) in [5, 5.41) is 2.70. The third kappa shape index (κ3) is 3.93. The Bertz CT molecular complexity index is 614. The quantitative estimate of drug-likeness (QED) is 0.936. The molecule has 0 aliphatic heterocycles. The van der Waals surface area contributed by atoms with Crippen LogP contribution in [0.15, 0.2) is 42.5 Å². The summed E-state index contributed by atoms with van der Waals surface area (Å²) in [6.07, 6.45) is 0. The average Bonchev–Trinajstić information content (AvgIpc) is 2.36. The second-order valence-electron chi connectivity index (χ2n) is 3.93. The third-order valence-electron chi connectivity index (χ3n) is 2.34. The lowest BCUT2D eigenvalue weighted by atomic mass is 10.3. The number of para-hydroxylation sites is 1. The van der Waals surface area contributed by atoms with Gasteiger partial charge < -0.3 is 10.1 Å². The summed E-state index contributed by atoms with van der Waals surface area (Å²) in [7, 11) is 0. The first-order valence-electron chi connectivity index (χ1n) is 5.68. The number of hydrogen-bond acceptors (Lipinski definition) is 2. The Morgan fingerprint density at radius 1 is 1.15 bits per heavy atom. The molecule has 0 unspecified atom stereocenters. The predicted molar refractivity (Wildman–Crippen MR) is 71.9 cm³/mol. The van der Waals surface area contributed by atoms with Crippen molar-refractivity contribution in [1.82, 2.24) is 0 Å². The van der Waals surface area contributed by atoms with E-state index in [1.165, 1.54) is 0 Å². The zero-order valence-electron chi connectivity index (χ0n) is 10.2. The first-order chi connectivity index (χ1) is 9.54. The summed E-state index contributed by atoms with van der Waals surface area (Å²) in [4.78, 5) is 11.6. The summed E-state index contributed by atoms with van der Waals surface area (Å²) in [5.74, 6) is -1.73. The Morgan fingerprint density at radius 3 is 2.45 bits per heavy atom. The summed E-state index contributed by atoms with van der Waals surface area (Å²) in [6, 6.07) is 9.41. The van der Waals surface area contributed by atoms with Crippen LogP contribution < -0.4 is 10.1 Å². The molecule has 1 N–H and O–H groups in total. The fourth-order valence-electron chi connectivity index (χ4n) is 1.53. The number of amides is 1. The lowest BCUT2D eigenvalue weighted by Crippen LogP contribution is -2.20. The van der Waals surface area contributed by atoms with Gasteiger partial charge in [-0.25, -0.2) is 8.78 Å². The molecule has 0 aliphatic carbocycles. The minimum absolute atomic E-state index is 0.0234. The number of anilines is 1. The highest BCUT2D eigenvalue weighted by atomic mass is 35.5. The molecule has 2 aromatic rings. The monoisotopic (exact) mass is 297 g/mol. The Balaban J connectivity index is 1.94. The first-order valence-corrected chi connectivity index (χ1v) is 6.05. The second kappa shape index (κ2) is 6.34. The van der Waals surface area contributed by atoms with Crippen LogP contribution in [-0.2, 0) is 4.79 Å². The number of hydrogen-bond donors (Lipinski definition) is 1. The van der Waals surface area contributed by atoms with Crippen molar-refractivity contribution in [1.29, 1.82) is 0 Å². The highest BCUT2D eigenvalue weighted by molar-refractivity contribution is 6.32. The molecule has 2 aromatic carbocycles. The van der Waals surface area contributed by atoms with Crippen molar-refractivity contribution in [2.45, 2.75) is 0 Å². The van der Waals surface area contributed by atoms with Crippen molar-refractivity contribution in [3.8, 4) is 5.75 Å². The molecule has 104 valence electrons. The minimum Gasteiger partial charge on any atom is -0.482 e. The molecular formula is C14H10ClF2NO2. The molecule has 0 bridgehead atoms. The van der Waals surface area contributed by atoms with Crippen LogP contribution in [-0.4, -0.2) is 12.5 Å². The second-order valence-corrected chi connectivity index (χ2v) is 4.33. The third-order valence-corrected chi connectivity index (χ3v) is 2.65. The van der Waals surface area contributed by atoms with Crippen molar-refractivity contribution in [3.05, 3.63) is 59.1 Å². The van der Waals surface area contributed by atoms with Crippen LogP contribution in [0.4, 0.5) is 14.5 Å². The summed E-state index contributed by atoms with van der Waals surface area (Å²) in [5.41, 5.74) is 0.0234. The molecule has 1 amide bonds. The van der Waals surface area contributed by atoms with E-state index in [1.807, 2.05) is 0 Å². The van der Waals surface area contributed by atoms with Crippen LogP contribution in [0.25, 0.3) is 0 Å². The molecule has 2 rings (SSSR count).